The molecule has 0 aliphatic carbocycles. The van der Waals surface area contributed by atoms with Gasteiger partial charge in [-0.15, -0.1) is 5.10 Å². The minimum Gasteiger partial charge on any atom is -0.324 e. The molecule has 0 unspecified atom stereocenters. The second kappa shape index (κ2) is 7.91. The number of para-hydroxylation sites is 1. The van der Waals surface area contributed by atoms with Gasteiger partial charge in [0.25, 0.3) is 0 Å². The minimum absolute atomic E-state index is 0.0868. The first-order valence-corrected chi connectivity index (χ1v) is 8.11. The van der Waals surface area contributed by atoms with Crippen molar-refractivity contribution in [2.45, 2.75) is 19.6 Å². The van der Waals surface area contributed by atoms with Crippen molar-refractivity contribution in [3.63, 3.8) is 0 Å². The van der Waals surface area contributed by atoms with Crippen molar-refractivity contribution in [3.05, 3.63) is 39.9 Å². The molecule has 0 saturated heterocycles. The largest absolute Gasteiger partial charge is 0.418 e. The fourth-order valence-corrected chi connectivity index (χ4v) is 2.63. The molecule has 1 aromatic carbocycles. The second-order valence-electron chi connectivity index (χ2n) is 4.89. The summed E-state index contributed by atoms with van der Waals surface area (Å²) in [4.78, 5) is 13.8. The summed E-state index contributed by atoms with van der Waals surface area (Å²) in [7, 11) is 0. The van der Waals surface area contributed by atoms with Crippen molar-refractivity contribution in [2.24, 2.45) is 0 Å². The summed E-state index contributed by atoms with van der Waals surface area (Å²) in [5, 5.41) is 6.16. The van der Waals surface area contributed by atoms with Crippen LogP contribution in [0.1, 0.15) is 18.2 Å². The van der Waals surface area contributed by atoms with Crippen molar-refractivity contribution in [1.29, 1.82) is 0 Å². The molecule has 2 aromatic rings. The van der Waals surface area contributed by atoms with Crippen LogP contribution in [-0.2, 0) is 17.5 Å². The van der Waals surface area contributed by atoms with Gasteiger partial charge in [0.2, 0.25) is 5.91 Å². The molecule has 0 atom stereocenters. The normalized spacial score (nSPS) is 11.8. The Kier molecular flexibility index (Phi) is 6.14. The molecule has 24 heavy (non-hydrogen) atoms. The third-order valence-corrected chi connectivity index (χ3v) is 4.19. The van der Waals surface area contributed by atoms with E-state index < -0.39 is 17.6 Å². The molecule has 0 saturated carbocycles. The van der Waals surface area contributed by atoms with Gasteiger partial charge in [0.05, 0.1) is 17.8 Å². The molecule has 0 bridgehead atoms. The lowest BCUT2D eigenvalue weighted by atomic mass is 10.1. The molecule has 5 nitrogen and oxygen atoms in total. The third-order valence-electron chi connectivity index (χ3n) is 3.20. The van der Waals surface area contributed by atoms with E-state index in [0.717, 1.165) is 17.6 Å². The number of nitrogens with zero attached hydrogens (tertiary/aromatic N) is 3. The smallest absolute Gasteiger partial charge is 0.324 e. The highest BCUT2D eigenvalue weighted by Gasteiger charge is 2.33. The van der Waals surface area contributed by atoms with Gasteiger partial charge in [-0.05, 0) is 18.7 Å². The molecule has 1 heterocycles. The van der Waals surface area contributed by atoms with Crippen LogP contribution in [0, 0.1) is 0 Å². The molecular weight excluding hydrogens is 365 g/mol. The number of carbonyl (C=O) groups is 1. The maximum Gasteiger partial charge on any atom is 0.418 e. The zero-order valence-corrected chi connectivity index (χ0v) is 14.2. The van der Waals surface area contributed by atoms with E-state index in [1.54, 1.807) is 4.90 Å². The van der Waals surface area contributed by atoms with Crippen LogP contribution in [0.4, 0.5) is 18.9 Å². The highest BCUT2D eigenvalue weighted by atomic mass is 35.5. The second-order valence-corrected chi connectivity index (χ2v) is 6.24. The summed E-state index contributed by atoms with van der Waals surface area (Å²) in [5.41, 5.74) is -0.612. The monoisotopic (exact) mass is 378 g/mol. The highest BCUT2D eigenvalue weighted by molar-refractivity contribution is 7.10. The van der Waals surface area contributed by atoms with Gasteiger partial charge in [0.1, 0.15) is 10.0 Å². The van der Waals surface area contributed by atoms with Gasteiger partial charge in [-0.25, -0.2) is 0 Å². The van der Waals surface area contributed by atoms with Crippen LogP contribution < -0.4 is 5.32 Å². The van der Waals surface area contributed by atoms with Gasteiger partial charge in [-0.2, -0.15) is 13.2 Å². The number of anilines is 1. The maximum absolute atomic E-state index is 12.9. The molecule has 0 fully saturated rings. The van der Waals surface area contributed by atoms with Crippen LogP contribution >= 0.6 is 23.1 Å². The Bertz CT molecular complexity index is 707. The van der Waals surface area contributed by atoms with E-state index in [1.165, 1.54) is 18.2 Å². The predicted molar refractivity (Wildman–Crippen MR) is 85.9 cm³/mol. The number of hydrogen-bond acceptors (Lipinski definition) is 5. The SMILES string of the molecule is CCN(CC(=O)Nc1ccccc1C(F)(F)F)Cc1nnsc1Cl. The molecule has 0 aliphatic rings. The molecule has 10 heteroatoms. The maximum atomic E-state index is 12.9. The van der Waals surface area contributed by atoms with E-state index in [4.69, 9.17) is 11.6 Å². The minimum atomic E-state index is -4.53. The van der Waals surface area contributed by atoms with Crippen LogP contribution in [0.2, 0.25) is 4.34 Å². The number of aromatic nitrogens is 2. The molecule has 130 valence electrons. The Balaban J connectivity index is 2.03. The van der Waals surface area contributed by atoms with Gasteiger partial charge < -0.3 is 5.32 Å². The van der Waals surface area contributed by atoms with Crippen molar-refractivity contribution in [1.82, 2.24) is 14.5 Å². The molecule has 1 amide bonds. The first-order chi connectivity index (χ1) is 11.3. The molecule has 1 aromatic heterocycles. The summed E-state index contributed by atoms with van der Waals surface area (Å²) in [6, 6.07) is 4.85. The van der Waals surface area contributed by atoms with E-state index in [-0.39, 0.29) is 12.2 Å². The number of amides is 1. The standard InChI is InChI=1S/C14H14ClF3N4OS/c1-2-22(7-11-13(15)24-21-20-11)8-12(23)19-10-6-4-3-5-9(10)14(16,17)18/h3-6H,2,7-8H2,1H3,(H,19,23). The fourth-order valence-electron chi connectivity index (χ4n) is 2.01. The molecule has 0 radical (unpaired) electrons. The van der Waals surface area contributed by atoms with Crippen molar-refractivity contribution in [3.8, 4) is 0 Å². The first-order valence-electron chi connectivity index (χ1n) is 6.96. The number of likely N-dealkylation sites (N-methyl/N-ethyl adjacent to an activating group) is 1. The summed E-state index contributed by atoms with van der Waals surface area (Å²) in [6.45, 7) is 2.53. The fraction of sp³-hybridized carbons (Fsp3) is 0.357. The van der Waals surface area contributed by atoms with Crippen molar-refractivity contribution < 1.29 is 18.0 Å². The zero-order valence-electron chi connectivity index (χ0n) is 12.6. The molecular formula is C14H14ClF3N4OS. The molecule has 1 N–H and O–H groups in total. The van der Waals surface area contributed by atoms with Gasteiger partial charge in [-0.3, -0.25) is 9.69 Å². The molecule has 0 aliphatic heterocycles. The van der Waals surface area contributed by atoms with Crippen molar-refractivity contribution in [2.75, 3.05) is 18.4 Å². The zero-order chi connectivity index (χ0) is 17.7. The average Bonchev–Trinajstić information content (AvgIpc) is 2.91. The van der Waals surface area contributed by atoms with Crippen LogP contribution in [0.25, 0.3) is 0 Å². The Morgan fingerprint density at radius 3 is 2.67 bits per heavy atom. The average molecular weight is 379 g/mol. The Hall–Kier alpha value is -1.71. The highest BCUT2D eigenvalue weighted by Crippen LogP contribution is 2.34. The third kappa shape index (κ3) is 4.89. The van der Waals surface area contributed by atoms with E-state index in [2.05, 4.69) is 14.9 Å². The van der Waals surface area contributed by atoms with Crippen molar-refractivity contribution >= 4 is 34.7 Å². The number of alkyl halides is 3. The van der Waals surface area contributed by atoms with Crippen LogP contribution in [0.15, 0.2) is 24.3 Å². The van der Waals surface area contributed by atoms with Gasteiger partial charge in [-0.1, -0.05) is 35.1 Å². The lowest BCUT2D eigenvalue weighted by molar-refractivity contribution is -0.137. The van der Waals surface area contributed by atoms with Gasteiger partial charge in [0.15, 0.2) is 0 Å². The number of benzene rings is 1. The topological polar surface area (TPSA) is 58.1 Å². The number of rotatable bonds is 6. The summed E-state index contributed by atoms with van der Waals surface area (Å²) < 4.78 is 42.9. The van der Waals surface area contributed by atoms with Gasteiger partial charge in [0, 0.05) is 18.1 Å². The van der Waals surface area contributed by atoms with Crippen LogP contribution in [-0.4, -0.2) is 33.5 Å². The summed E-state index contributed by atoms with van der Waals surface area (Å²) >= 11 is 6.95. The lowest BCUT2D eigenvalue weighted by Gasteiger charge is -2.19. The quantitative estimate of drug-likeness (QED) is 0.833. The van der Waals surface area contributed by atoms with Crippen LogP contribution in [0.5, 0.6) is 0 Å². The van der Waals surface area contributed by atoms with E-state index in [1.807, 2.05) is 6.92 Å². The van der Waals surface area contributed by atoms with Crippen LogP contribution in [0.3, 0.4) is 0 Å². The predicted octanol–water partition coefficient (Wildman–Crippen LogP) is 3.67. The van der Waals surface area contributed by atoms with Gasteiger partial charge >= 0.3 is 6.18 Å². The lowest BCUT2D eigenvalue weighted by Crippen LogP contribution is -2.33. The van der Waals surface area contributed by atoms with E-state index in [0.29, 0.717) is 23.1 Å². The number of carbonyl (C=O) groups excluding carboxylic acids is 1. The molecule has 2 rings (SSSR count). The molecule has 0 spiro atoms. The first kappa shape index (κ1) is 18.6. The van der Waals surface area contributed by atoms with E-state index in [9.17, 15) is 18.0 Å². The Labute approximate surface area is 145 Å². The summed E-state index contributed by atoms with van der Waals surface area (Å²) in [6.07, 6.45) is -4.53. The number of hydrogen-bond donors (Lipinski definition) is 1. The number of halogens is 4. The Morgan fingerprint density at radius 2 is 2.08 bits per heavy atom. The Morgan fingerprint density at radius 1 is 1.38 bits per heavy atom. The summed E-state index contributed by atoms with van der Waals surface area (Å²) in [5.74, 6) is -0.548. The van der Waals surface area contributed by atoms with E-state index >= 15 is 0 Å². The number of nitrogens with one attached hydrogen (secondary N) is 1.